The third kappa shape index (κ3) is 3.83. The number of piperidine rings is 1. The van der Waals surface area contributed by atoms with Crippen LogP contribution in [0.25, 0.3) is 0 Å². The zero-order valence-electron chi connectivity index (χ0n) is 15.9. The molecule has 2 N–H and O–H groups in total. The largest absolute Gasteiger partial charge is 0.378 e. The van der Waals surface area contributed by atoms with Gasteiger partial charge in [0.1, 0.15) is 16.8 Å². The molecule has 3 aliphatic heterocycles. The predicted molar refractivity (Wildman–Crippen MR) is 108 cm³/mol. The number of hydrogen-bond acceptors (Lipinski definition) is 7. The van der Waals surface area contributed by atoms with Crippen LogP contribution in [0.4, 0.5) is 0 Å². The molecule has 0 radical (unpaired) electrons. The number of amidine groups is 1. The van der Waals surface area contributed by atoms with E-state index in [1.54, 1.807) is 11.3 Å². The van der Waals surface area contributed by atoms with E-state index in [1.165, 1.54) is 12.8 Å². The molecule has 1 unspecified atom stereocenters. The minimum absolute atomic E-state index is 0.0734. The second-order valence-electron chi connectivity index (χ2n) is 7.83. The topological polar surface area (TPSA) is 91.2 Å². The Hall–Kier alpha value is -1.84. The molecule has 9 heteroatoms. The summed E-state index contributed by atoms with van der Waals surface area (Å²) in [7, 11) is 0. The van der Waals surface area contributed by atoms with Crippen molar-refractivity contribution in [3.05, 3.63) is 16.1 Å². The molecular weight excluding hydrogens is 376 g/mol. The van der Waals surface area contributed by atoms with Gasteiger partial charge >= 0.3 is 0 Å². The highest BCUT2D eigenvalue weighted by Crippen LogP contribution is 2.41. The molecule has 5 rings (SSSR count). The van der Waals surface area contributed by atoms with E-state index in [0.29, 0.717) is 30.9 Å². The number of guanidine groups is 1. The lowest BCUT2D eigenvalue weighted by atomic mass is 10.0. The van der Waals surface area contributed by atoms with Crippen LogP contribution < -0.4 is 10.6 Å². The number of nitrogens with one attached hydrogen (secondary N) is 2. The molecule has 1 aromatic heterocycles. The first-order chi connectivity index (χ1) is 13.8. The molecule has 150 valence electrons. The Kier molecular flexibility index (Phi) is 5.13. The maximum absolute atomic E-state index is 13.1. The third-order valence-corrected chi connectivity index (χ3v) is 6.58. The van der Waals surface area contributed by atoms with Crippen molar-refractivity contribution < 1.29 is 9.53 Å². The zero-order valence-corrected chi connectivity index (χ0v) is 16.7. The van der Waals surface area contributed by atoms with E-state index in [0.717, 1.165) is 49.7 Å². The first-order valence-electron chi connectivity index (χ1n) is 10.2. The summed E-state index contributed by atoms with van der Waals surface area (Å²) >= 11 is 1.56. The van der Waals surface area contributed by atoms with Crippen molar-refractivity contribution in [1.82, 2.24) is 20.5 Å². The lowest BCUT2D eigenvalue weighted by molar-refractivity contribution is -0.120. The van der Waals surface area contributed by atoms with Gasteiger partial charge in [0.15, 0.2) is 0 Å². The SMILES string of the molecule is O=C1NC(N2CCOCC2)=NC(=N[C@@H]2CCCNC2)C1c1nc(C2CC2)cs1. The number of nitrogens with zero attached hydrogens (tertiary/aromatic N) is 4. The van der Waals surface area contributed by atoms with Gasteiger partial charge in [-0.1, -0.05) is 0 Å². The maximum atomic E-state index is 13.1. The number of morpholine rings is 1. The van der Waals surface area contributed by atoms with Gasteiger partial charge in [0, 0.05) is 30.9 Å². The van der Waals surface area contributed by atoms with Gasteiger partial charge < -0.3 is 15.0 Å². The summed E-state index contributed by atoms with van der Waals surface area (Å²) in [6, 6.07) is 0.162. The van der Waals surface area contributed by atoms with Gasteiger partial charge in [0.25, 0.3) is 0 Å². The van der Waals surface area contributed by atoms with Crippen LogP contribution in [0.3, 0.4) is 0 Å². The molecule has 8 nitrogen and oxygen atoms in total. The highest BCUT2D eigenvalue weighted by Gasteiger charge is 2.37. The molecule has 0 bridgehead atoms. The van der Waals surface area contributed by atoms with Crippen LogP contribution in [-0.4, -0.2) is 73.0 Å². The standard InChI is InChI=1S/C19H26N6O2S/c26-17-15(18-22-14(11-28-18)12-3-4-12)16(21-13-2-1-5-20-10-13)23-19(24-17)25-6-8-27-9-7-25/h11-13,15,20H,1-10H2,(H,21,23,24,26)/t13-,15?/m1/s1. The Balaban J connectivity index is 1.47. The Bertz CT molecular complexity index is 790. The van der Waals surface area contributed by atoms with Gasteiger partial charge in [-0.2, -0.15) is 4.99 Å². The van der Waals surface area contributed by atoms with Crippen LogP contribution in [-0.2, 0) is 9.53 Å². The smallest absolute Gasteiger partial charge is 0.244 e. The summed E-state index contributed by atoms with van der Waals surface area (Å²) in [6.45, 7) is 4.62. The van der Waals surface area contributed by atoms with Crippen molar-refractivity contribution in [3.63, 3.8) is 0 Å². The zero-order chi connectivity index (χ0) is 18.9. The molecular formula is C19H26N6O2S. The second-order valence-corrected chi connectivity index (χ2v) is 8.72. The van der Waals surface area contributed by atoms with Crippen LogP contribution in [0.15, 0.2) is 15.4 Å². The molecule has 1 saturated carbocycles. The van der Waals surface area contributed by atoms with E-state index in [9.17, 15) is 4.79 Å². The van der Waals surface area contributed by atoms with E-state index in [4.69, 9.17) is 19.7 Å². The molecule has 3 fully saturated rings. The molecule has 0 aromatic carbocycles. The van der Waals surface area contributed by atoms with E-state index in [2.05, 4.69) is 20.9 Å². The normalized spacial score (nSPS) is 30.3. The van der Waals surface area contributed by atoms with Gasteiger partial charge in [-0.15, -0.1) is 11.3 Å². The molecule has 2 atom stereocenters. The summed E-state index contributed by atoms with van der Waals surface area (Å²) in [5.74, 6) is 1.20. The number of thiazole rings is 1. The van der Waals surface area contributed by atoms with Crippen LogP contribution in [0, 0.1) is 0 Å². The molecule has 1 amide bonds. The molecule has 1 aromatic rings. The average Bonchev–Trinajstić information content (AvgIpc) is 3.47. The van der Waals surface area contributed by atoms with Gasteiger partial charge in [-0.3, -0.25) is 15.1 Å². The molecule has 0 spiro atoms. The lowest BCUT2D eigenvalue weighted by Gasteiger charge is -2.33. The summed E-state index contributed by atoms with van der Waals surface area (Å²) < 4.78 is 5.43. The second kappa shape index (κ2) is 7.88. The highest BCUT2D eigenvalue weighted by molar-refractivity contribution is 7.10. The minimum atomic E-state index is -0.510. The lowest BCUT2D eigenvalue weighted by Crippen LogP contribution is -2.53. The third-order valence-electron chi connectivity index (χ3n) is 5.65. The number of aromatic nitrogens is 1. The van der Waals surface area contributed by atoms with Crippen molar-refractivity contribution >= 4 is 29.0 Å². The number of carbonyl (C=O) groups is 1. The van der Waals surface area contributed by atoms with E-state index in [1.807, 2.05) is 0 Å². The van der Waals surface area contributed by atoms with Gasteiger partial charge in [-0.05, 0) is 32.2 Å². The van der Waals surface area contributed by atoms with Crippen molar-refractivity contribution in [2.45, 2.75) is 43.6 Å². The number of rotatable bonds is 3. The van der Waals surface area contributed by atoms with Crippen LogP contribution in [0.2, 0.25) is 0 Å². The quantitative estimate of drug-likeness (QED) is 0.789. The van der Waals surface area contributed by atoms with Crippen LogP contribution in [0.5, 0.6) is 0 Å². The fraction of sp³-hybridized carbons (Fsp3) is 0.684. The first-order valence-corrected chi connectivity index (χ1v) is 11.1. The minimum Gasteiger partial charge on any atom is -0.378 e. The first kappa shape index (κ1) is 18.2. The van der Waals surface area contributed by atoms with Gasteiger partial charge in [0.05, 0.1) is 24.9 Å². The Labute approximate surface area is 168 Å². The number of ether oxygens (including phenoxy) is 1. The van der Waals surface area contributed by atoms with Gasteiger partial charge in [-0.25, -0.2) is 4.98 Å². The van der Waals surface area contributed by atoms with E-state index < -0.39 is 5.92 Å². The molecule has 28 heavy (non-hydrogen) atoms. The number of hydrogen-bond donors (Lipinski definition) is 2. The van der Waals surface area contributed by atoms with E-state index in [-0.39, 0.29) is 11.9 Å². The number of aliphatic imine (C=N–C) groups is 2. The molecule has 4 heterocycles. The molecule has 2 saturated heterocycles. The molecule has 1 aliphatic carbocycles. The summed E-state index contributed by atoms with van der Waals surface area (Å²) in [5.41, 5.74) is 1.12. The van der Waals surface area contributed by atoms with E-state index >= 15 is 0 Å². The summed E-state index contributed by atoms with van der Waals surface area (Å²) in [5, 5.41) is 9.31. The summed E-state index contributed by atoms with van der Waals surface area (Å²) in [6.07, 6.45) is 4.53. The highest BCUT2D eigenvalue weighted by atomic mass is 32.1. The maximum Gasteiger partial charge on any atom is 0.244 e. The van der Waals surface area contributed by atoms with Crippen LogP contribution in [0.1, 0.15) is 48.2 Å². The average molecular weight is 403 g/mol. The van der Waals surface area contributed by atoms with Gasteiger partial charge in [0.2, 0.25) is 11.9 Å². The van der Waals surface area contributed by atoms with Crippen molar-refractivity contribution in [1.29, 1.82) is 0 Å². The van der Waals surface area contributed by atoms with Crippen molar-refractivity contribution in [3.8, 4) is 0 Å². The Morgan fingerprint density at radius 2 is 2.11 bits per heavy atom. The number of amides is 1. The van der Waals surface area contributed by atoms with Crippen molar-refractivity contribution in [2.24, 2.45) is 9.98 Å². The fourth-order valence-corrected chi connectivity index (χ4v) is 4.88. The predicted octanol–water partition coefficient (Wildman–Crippen LogP) is 1.07. The Morgan fingerprint density at radius 1 is 1.25 bits per heavy atom. The monoisotopic (exact) mass is 402 g/mol. The number of carbonyl (C=O) groups excluding carboxylic acids is 1. The molecule has 4 aliphatic rings. The van der Waals surface area contributed by atoms with Crippen LogP contribution >= 0.6 is 11.3 Å². The van der Waals surface area contributed by atoms with Crippen molar-refractivity contribution in [2.75, 3.05) is 39.4 Å². The summed E-state index contributed by atoms with van der Waals surface area (Å²) in [4.78, 5) is 29.7. The fourth-order valence-electron chi connectivity index (χ4n) is 3.88. The Morgan fingerprint density at radius 3 is 2.86 bits per heavy atom.